The molecule has 1 aliphatic heterocycles. The molecular weight excluding hydrogens is 418 g/mol. The number of amides is 1. The number of fused-ring (bicyclic) bond motifs is 1. The maximum absolute atomic E-state index is 13.4. The number of aromatic nitrogens is 3. The highest BCUT2D eigenvalue weighted by Crippen LogP contribution is 2.39. The van der Waals surface area contributed by atoms with Gasteiger partial charge in [0, 0.05) is 5.70 Å². The van der Waals surface area contributed by atoms with Gasteiger partial charge in [0.2, 0.25) is 5.95 Å². The summed E-state index contributed by atoms with van der Waals surface area (Å²) in [6, 6.07) is 12.1. The van der Waals surface area contributed by atoms with Gasteiger partial charge in [-0.1, -0.05) is 29.8 Å². The zero-order valence-electron chi connectivity index (χ0n) is 17.3. The molecular formula is C22H22ClN5O3. The van der Waals surface area contributed by atoms with Crippen molar-refractivity contribution in [3.05, 3.63) is 70.6 Å². The van der Waals surface area contributed by atoms with Crippen molar-refractivity contribution in [2.45, 2.75) is 19.9 Å². The third kappa shape index (κ3) is 3.94. The van der Waals surface area contributed by atoms with Crippen LogP contribution >= 0.6 is 11.6 Å². The topological polar surface area (TPSA) is 90.3 Å². The molecule has 3 aromatic rings. The molecule has 160 valence electrons. The van der Waals surface area contributed by atoms with Gasteiger partial charge in [-0.25, -0.2) is 4.68 Å². The van der Waals surface area contributed by atoms with Crippen LogP contribution in [-0.2, 0) is 4.79 Å². The second-order valence-corrected chi connectivity index (χ2v) is 7.28. The van der Waals surface area contributed by atoms with Crippen LogP contribution in [0.2, 0.25) is 5.02 Å². The Morgan fingerprint density at radius 1 is 1.26 bits per heavy atom. The lowest BCUT2D eigenvalue weighted by molar-refractivity contribution is -0.113. The number of carbonyl (C=O) groups excluding carboxylic acids is 1. The first-order valence-corrected chi connectivity index (χ1v) is 10.1. The van der Waals surface area contributed by atoms with Gasteiger partial charge in [-0.15, -0.1) is 0 Å². The number of nitrogens with one attached hydrogen (secondary N) is 2. The lowest BCUT2D eigenvalue weighted by Gasteiger charge is -2.29. The summed E-state index contributed by atoms with van der Waals surface area (Å²) < 4.78 is 12.8. The van der Waals surface area contributed by atoms with Gasteiger partial charge in [-0.2, -0.15) is 10.1 Å². The Bertz CT molecular complexity index is 1160. The van der Waals surface area contributed by atoms with E-state index < -0.39 is 6.04 Å². The van der Waals surface area contributed by atoms with E-state index in [-0.39, 0.29) is 5.91 Å². The fourth-order valence-corrected chi connectivity index (χ4v) is 3.76. The van der Waals surface area contributed by atoms with Gasteiger partial charge < -0.3 is 20.1 Å². The number of carbonyl (C=O) groups is 1. The smallest absolute Gasteiger partial charge is 0.255 e. The number of nitrogens with zero attached hydrogens (tertiary/aromatic N) is 3. The number of para-hydroxylation sites is 1. The number of rotatable bonds is 6. The van der Waals surface area contributed by atoms with Crippen LogP contribution in [-0.4, -0.2) is 34.4 Å². The van der Waals surface area contributed by atoms with Crippen LogP contribution < -0.4 is 20.1 Å². The highest BCUT2D eigenvalue weighted by molar-refractivity contribution is 6.33. The minimum absolute atomic E-state index is 0.294. The minimum Gasteiger partial charge on any atom is -0.493 e. The second-order valence-electron chi connectivity index (χ2n) is 6.87. The van der Waals surface area contributed by atoms with E-state index in [1.54, 1.807) is 30.0 Å². The van der Waals surface area contributed by atoms with Crippen molar-refractivity contribution in [2.24, 2.45) is 0 Å². The predicted molar refractivity (Wildman–Crippen MR) is 119 cm³/mol. The molecule has 0 saturated carbocycles. The SMILES string of the molecule is CCOc1ccc(C2C(C(=O)Nc3ccccc3Cl)=C(C)Nc3ncnn32)cc1OC. The lowest BCUT2D eigenvalue weighted by atomic mass is 9.94. The summed E-state index contributed by atoms with van der Waals surface area (Å²) >= 11 is 6.24. The van der Waals surface area contributed by atoms with Crippen molar-refractivity contribution < 1.29 is 14.3 Å². The average molecular weight is 440 g/mol. The molecule has 2 heterocycles. The number of methoxy groups -OCH3 is 1. The summed E-state index contributed by atoms with van der Waals surface area (Å²) in [7, 11) is 1.58. The van der Waals surface area contributed by atoms with E-state index in [1.807, 2.05) is 38.1 Å². The van der Waals surface area contributed by atoms with Crippen LogP contribution in [0.25, 0.3) is 0 Å². The van der Waals surface area contributed by atoms with Crippen molar-refractivity contribution >= 4 is 29.1 Å². The van der Waals surface area contributed by atoms with E-state index in [0.29, 0.717) is 46.0 Å². The van der Waals surface area contributed by atoms with Crippen LogP contribution in [0.5, 0.6) is 11.5 Å². The van der Waals surface area contributed by atoms with Gasteiger partial charge in [-0.3, -0.25) is 4.79 Å². The number of benzene rings is 2. The Labute approximate surface area is 184 Å². The molecule has 0 bridgehead atoms. The van der Waals surface area contributed by atoms with E-state index in [2.05, 4.69) is 20.7 Å². The van der Waals surface area contributed by atoms with E-state index in [9.17, 15) is 4.79 Å². The first-order valence-electron chi connectivity index (χ1n) is 9.77. The van der Waals surface area contributed by atoms with Crippen molar-refractivity contribution in [2.75, 3.05) is 24.4 Å². The normalized spacial score (nSPS) is 15.2. The zero-order valence-corrected chi connectivity index (χ0v) is 18.1. The largest absolute Gasteiger partial charge is 0.493 e. The summed E-state index contributed by atoms with van der Waals surface area (Å²) in [4.78, 5) is 17.6. The molecule has 0 fully saturated rings. The summed E-state index contributed by atoms with van der Waals surface area (Å²) in [6.45, 7) is 4.25. The van der Waals surface area contributed by atoms with Gasteiger partial charge in [0.25, 0.3) is 5.91 Å². The summed E-state index contributed by atoms with van der Waals surface area (Å²) in [5.74, 6) is 1.45. The molecule has 31 heavy (non-hydrogen) atoms. The van der Waals surface area contributed by atoms with E-state index in [4.69, 9.17) is 21.1 Å². The molecule has 4 rings (SSSR count). The summed E-state index contributed by atoms with van der Waals surface area (Å²) in [5, 5.41) is 10.9. The Morgan fingerprint density at radius 2 is 2.06 bits per heavy atom. The van der Waals surface area contributed by atoms with Gasteiger partial charge >= 0.3 is 0 Å². The highest BCUT2D eigenvalue weighted by atomic mass is 35.5. The highest BCUT2D eigenvalue weighted by Gasteiger charge is 2.34. The third-order valence-corrected chi connectivity index (χ3v) is 5.29. The molecule has 0 saturated heterocycles. The molecule has 0 aliphatic carbocycles. The van der Waals surface area contributed by atoms with Crippen molar-refractivity contribution in [1.82, 2.24) is 14.8 Å². The number of hydrogen-bond donors (Lipinski definition) is 2. The molecule has 2 aromatic carbocycles. The number of ether oxygens (including phenoxy) is 2. The van der Waals surface area contributed by atoms with Gasteiger partial charge in [0.15, 0.2) is 11.5 Å². The number of allylic oxidation sites excluding steroid dienone is 1. The van der Waals surface area contributed by atoms with Crippen molar-refractivity contribution in [3.63, 3.8) is 0 Å². The van der Waals surface area contributed by atoms with Gasteiger partial charge in [-0.05, 0) is 43.7 Å². The summed E-state index contributed by atoms with van der Waals surface area (Å²) in [5.41, 5.74) is 2.49. The maximum Gasteiger partial charge on any atom is 0.255 e. The quantitative estimate of drug-likeness (QED) is 0.596. The standard InChI is InChI=1S/C22H22ClN5O3/c1-4-31-17-10-9-14(11-18(17)30-3)20-19(13(2)26-22-24-12-25-28(20)22)21(29)27-16-8-6-5-7-15(16)23/h5-12,20H,4H2,1-3H3,(H,27,29)(H,24,25,26). The Hall–Kier alpha value is -3.52. The molecule has 1 aliphatic rings. The maximum atomic E-state index is 13.4. The lowest BCUT2D eigenvalue weighted by Crippen LogP contribution is -2.31. The van der Waals surface area contributed by atoms with Gasteiger partial charge in [0.1, 0.15) is 12.4 Å². The molecule has 8 nitrogen and oxygen atoms in total. The van der Waals surface area contributed by atoms with Crippen LogP contribution in [0.15, 0.2) is 60.1 Å². The molecule has 1 amide bonds. The van der Waals surface area contributed by atoms with Crippen LogP contribution in [0, 0.1) is 0 Å². The Balaban J connectivity index is 1.78. The predicted octanol–water partition coefficient (Wildman–Crippen LogP) is 4.27. The summed E-state index contributed by atoms with van der Waals surface area (Å²) in [6.07, 6.45) is 1.45. The molecule has 2 N–H and O–H groups in total. The molecule has 1 aromatic heterocycles. The van der Waals surface area contributed by atoms with E-state index in [0.717, 1.165) is 5.56 Å². The Kier molecular flexibility index (Phi) is 5.81. The van der Waals surface area contributed by atoms with Crippen molar-refractivity contribution in [1.29, 1.82) is 0 Å². The average Bonchev–Trinajstić information content (AvgIpc) is 3.23. The molecule has 1 unspecified atom stereocenters. The van der Waals surface area contributed by atoms with Crippen LogP contribution in [0.1, 0.15) is 25.5 Å². The van der Waals surface area contributed by atoms with Crippen molar-refractivity contribution in [3.8, 4) is 11.5 Å². The number of anilines is 2. The molecule has 0 spiro atoms. The fourth-order valence-electron chi connectivity index (χ4n) is 3.57. The van der Waals surface area contributed by atoms with Crippen LogP contribution in [0.4, 0.5) is 11.6 Å². The first kappa shape index (κ1) is 20.7. The monoisotopic (exact) mass is 439 g/mol. The van der Waals surface area contributed by atoms with Crippen LogP contribution in [0.3, 0.4) is 0 Å². The molecule has 1 atom stereocenters. The van der Waals surface area contributed by atoms with E-state index in [1.165, 1.54) is 6.33 Å². The number of hydrogen-bond acceptors (Lipinski definition) is 6. The Morgan fingerprint density at radius 3 is 2.81 bits per heavy atom. The van der Waals surface area contributed by atoms with Gasteiger partial charge in [0.05, 0.1) is 30.0 Å². The first-order chi connectivity index (χ1) is 15.0. The number of halogens is 1. The minimum atomic E-state index is -0.522. The fraction of sp³-hybridized carbons (Fsp3) is 0.227. The zero-order chi connectivity index (χ0) is 22.0. The van der Waals surface area contributed by atoms with E-state index >= 15 is 0 Å². The third-order valence-electron chi connectivity index (χ3n) is 4.96. The second kappa shape index (κ2) is 8.69. The molecule has 9 heteroatoms. The molecule has 0 radical (unpaired) electrons.